The number of rotatable bonds is 13. The van der Waals surface area contributed by atoms with Crippen LogP contribution in [0.2, 0.25) is 6.04 Å². The van der Waals surface area contributed by atoms with Crippen molar-refractivity contribution in [1.29, 1.82) is 0 Å². The van der Waals surface area contributed by atoms with Crippen LogP contribution in [0.25, 0.3) is 0 Å². The molecule has 0 fully saturated rings. The summed E-state index contributed by atoms with van der Waals surface area (Å²) in [6.45, 7) is 8.35. The van der Waals surface area contributed by atoms with Gasteiger partial charge in [-0.1, -0.05) is 0 Å². The third kappa shape index (κ3) is 8.96. The first-order valence-corrected chi connectivity index (χ1v) is 9.34. The molecule has 0 radical (unpaired) electrons. The minimum atomic E-state index is -2.55. The number of aliphatic hydroxyl groups excluding tert-OH is 1. The number of halogens is 1. The highest BCUT2D eigenvalue weighted by molar-refractivity contribution is 6.60. The summed E-state index contributed by atoms with van der Waals surface area (Å²) in [6, 6.07) is 0.722. The molecule has 19 heavy (non-hydrogen) atoms. The molecule has 0 amide bonds. The fraction of sp³-hybridized carbons (Fsp3) is 1.00. The lowest BCUT2D eigenvalue weighted by molar-refractivity contribution is 0.0415. The Morgan fingerprint density at radius 1 is 1.05 bits per heavy atom. The normalized spacial score (nSPS) is 13.7. The second-order valence-corrected chi connectivity index (χ2v) is 7.01. The van der Waals surface area contributed by atoms with E-state index in [-0.39, 0.29) is 12.5 Å². The smallest absolute Gasteiger partial charge is 0.389 e. The Balaban J connectivity index is 4.03. The molecule has 0 aromatic carbocycles. The van der Waals surface area contributed by atoms with Crippen LogP contribution >= 0.6 is 11.6 Å². The molecule has 0 heterocycles. The molecule has 0 rings (SSSR count). The predicted molar refractivity (Wildman–Crippen MR) is 77.6 cm³/mol. The van der Waals surface area contributed by atoms with E-state index in [1.807, 2.05) is 20.8 Å². The molecule has 5 nitrogen and oxygen atoms in total. The van der Waals surface area contributed by atoms with E-state index in [0.717, 1.165) is 12.5 Å². The van der Waals surface area contributed by atoms with Crippen LogP contribution < -0.4 is 0 Å². The van der Waals surface area contributed by atoms with Crippen molar-refractivity contribution in [2.24, 2.45) is 0 Å². The lowest BCUT2D eigenvalue weighted by atomic mass is 10.4. The van der Waals surface area contributed by atoms with Crippen molar-refractivity contribution in [3.8, 4) is 0 Å². The molecule has 0 aliphatic carbocycles. The lowest BCUT2D eigenvalue weighted by Gasteiger charge is -2.28. The molecule has 0 aromatic rings. The van der Waals surface area contributed by atoms with Crippen molar-refractivity contribution in [3.63, 3.8) is 0 Å². The van der Waals surface area contributed by atoms with Gasteiger partial charge in [0.15, 0.2) is 0 Å². The van der Waals surface area contributed by atoms with Crippen molar-refractivity contribution >= 4 is 20.4 Å². The van der Waals surface area contributed by atoms with Crippen molar-refractivity contribution < 1.29 is 23.1 Å². The van der Waals surface area contributed by atoms with Crippen LogP contribution in [-0.4, -0.2) is 58.9 Å². The van der Waals surface area contributed by atoms with Gasteiger partial charge < -0.3 is 23.1 Å². The quantitative estimate of drug-likeness (QED) is 0.320. The Hall–Kier alpha value is 0.307. The highest BCUT2D eigenvalue weighted by Gasteiger charge is 2.39. The number of hydrogen-bond acceptors (Lipinski definition) is 5. The van der Waals surface area contributed by atoms with Crippen molar-refractivity contribution in [2.45, 2.75) is 39.3 Å². The zero-order chi connectivity index (χ0) is 14.6. The maximum atomic E-state index is 9.25. The molecule has 116 valence electrons. The third-order valence-corrected chi connectivity index (χ3v) is 5.86. The second kappa shape index (κ2) is 12.1. The van der Waals surface area contributed by atoms with Gasteiger partial charge in [0.2, 0.25) is 0 Å². The minimum absolute atomic E-state index is 0.190. The number of hydrogen-bond donors (Lipinski definition) is 1. The van der Waals surface area contributed by atoms with Gasteiger partial charge >= 0.3 is 8.80 Å². The number of alkyl halides is 1. The van der Waals surface area contributed by atoms with Crippen LogP contribution in [0.15, 0.2) is 0 Å². The summed E-state index contributed by atoms with van der Waals surface area (Å²) in [5, 5.41) is 9.25. The Bertz CT molecular complexity index is 192. The maximum Gasteiger partial charge on any atom is 0.501 e. The van der Waals surface area contributed by atoms with Gasteiger partial charge in [-0.3, -0.25) is 0 Å². The first kappa shape index (κ1) is 19.3. The summed E-state index contributed by atoms with van der Waals surface area (Å²) >= 11 is 5.48. The predicted octanol–water partition coefficient (Wildman–Crippen LogP) is 2.04. The highest BCUT2D eigenvalue weighted by atomic mass is 35.5. The molecular formula is C12H27ClO5Si. The van der Waals surface area contributed by atoms with Crippen molar-refractivity contribution in [2.75, 3.05) is 38.9 Å². The Morgan fingerprint density at radius 3 is 2.00 bits per heavy atom. The van der Waals surface area contributed by atoms with Gasteiger partial charge in [-0.2, -0.15) is 0 Å². The van der Waals surface area contributed by atoms with Crippen LogP contribution in [0.1, 0.15) is 27.2 Å². The molecule has 0 saturated heterocycles. The fourth-order valence-corrected chi connectivity index (χ4v) is 4.32. The molecule has 7 heteroatoms. The molecule has 0 spiro atoms. The minimum Gasteiger partial charge on any atom is -0.389 e. The Kier molecular flexibility index (Phi) is 12.3. The first-order chi connectivity index (χ1) is 9.14. The molecular weight excluding hydrogens is 288 g/mol. The Morgan fingerprint density at radius 2 is 1.58 bits per heavy atom. The van der Waals surface area contributed by atoms with Gasteiger partial charge in [-0.25, -0.2) is 0 Å². The van der Waals surface area contributed by atoms with E-state index in [0.29, 0.717) is 26.4 Å². The summed E-state index contributed by atoms with van der Waals surface area (Å²) in [7, 11) is -2.55. The molecule has 0 aliphatic heterocycles. The van der Waals surface area contributed by atoms with Gasteiger partial charge in [0, 0.05) is 32.5 Å². The topological polar surface area (TPSA) is 57.2 Å². The second-order valence-electron chi connectivity index (χ2n) is 3.97. The van der Waals surface area contributed by atoms with Crippen LogP contribution in [-0.2, 0) is 18.0 Å². The van der Waals surface area contributed by atoms with Gasteiger partial charge in [-0.15, -0.1) is 11.6 Å². The zero-order valence-corrected chi connectivity index (χ0v) is 13.9. The summed E-state index contributed by atoms with van der Waals surface area (Å²) in [4.78, 5) is 0. The summed E-state index contributed by atoms with van der Waals surface area (Å²) in [5.41, 5.74) is 0. The van der Waals surface area contributed by atoms with Gasteiger partial charge in [0.05, 0.1) is 18.6 Å². The standard InChI is InChI=1S/C12H27ClO5Si/c1-4-16-19(17-5-2,18-6-3)9-7-8-15-11-12(14)10-13/h12,14H,4-11H2,1-3H3. The van der Waals surface area contributed by atoms with Gasteiger partial charge in [-0.05, 0) is 27.2 Å². The first-order valence-electron chi connectivity index (χ1n) is 6.87. The average molecular weight is 315 g/mol. The fourth-order valence-electron chi connectivity index (χ4n) is 1.66. The molecule has 0 aliphatic rings. The Labute approximate surface area is 122 Å². The molecule has 1 atom stereocenters. The van der Waals surface area contributed by atoms with E-state index in [2.05, 4.69) is 0 Å². The summed E-state index contributed by atoms with van der Waals surface area (Å²) < 4.78 is 22.5. The number of ether oxygens (including phenoxy) is 1. The third-order valence-electron chi connectivity index (χ3n) is 2.35. The van der Waals surface area contributed by atoms with Crippen molar-refractivity contribution in [1.82, 2.24) is 0 Å². The van der Waals surface area contributed by atoms with Crippen molar-refractivity contribution in [3.05, 3.63) is 0 Å². The van der Waals surface area contributed by atoms with E-state index in [4.69, 9.17) is 29.6 Å². The molecule has 0 aromatic heterocycles. The SMILES string of the molecule is CCO[Si](CCCOCC(O)CCl)(OCC)OCC. The van der Waals surface area contributed by atoms with Gasteiger partial charge in [0.25, 0.3) is 0 Å². The highest BCUT2D eigenvalue weighted by Crippen LogP contribution is 2.18. The van der Waals surface area contributed by atoms with Crippen LogP contribution in [0.3, 0.4) is 0 Å². The molecule has 0 bridgehead atoms. The van der Waals surface area contributed by atoms with E-state index >= 15 is 0 Å². The number of aliphatic hydroxyl groups is 1. The monoisotopic (exact) mass is 314 g/mol. The maximum absolute atomic E-state index is 9.25. The zero-order valence-electron chi connectivity index (χ0n) is 12.2. The van der Waals surface area contributed by atoms with Crippen LogP contribution in [0.5, 0.6) is 0 Å². The molecule has 1 N–H and O–H groups in total. The van der Waals surface area contributed by atoms with Gasteiger partial charge in [0.1, 0.15) is 0 Å². The summed E-state index contributed by atoms with van der Waals surface area (Å²) in [5.74, 6) is 0.190. The van der Waals surface area contributed by atoms with E-state index in [1.54, 1.807) is 0 Å². The van der Waals surface area contributed by atoms with E-state index in [1.165, 1.54) is 0 Å². The van der Waals surface area contributed by atoms with E-state index in [9.17, 15) is 5.11 Å². The average Bonchev–Trinajstić information content (AvgIpc) is 2.39. The van der Waals surface area contributed by atoms with E-state index < -0.39 is 14.9 Å². The van der Waals surface area contributed by atoms with Crippen LogP contribution in [0, 0.1) is 0 Å². The molecule has 1 unspecified atom stereocenters. The summed E-state index contributed by atoms with van der Waals surface area (Å²) in [6.07, 6.45) is 0.177. The lowest BCUT2D eigenvalue weighted by Crippen LogP contribution is -2.46. The largest absolute Gasteiger partial charge is 0.501 e. The van der Waals surface area contributed by atoms with Crippen LogP contribution in [0.4, 0.5) is 0 Å². The molecule has 0 saturated carbocycles.